The number of amides is 2. The van der Waals surface area contributed by atoms with Gasteiger partial charge in [0.1, 0.15) is 19.1 Å². The first-order valence-corrected chi connectivity index (χ1v) is 11.2. The Labute approximate surface area is 197 Å². The lowest BCUT2D eigenvalue weighted by Crippen LogP contribution is -2.45. The Kier molecular flexibility index (Phi) is 7.44. The maximum absolute atomic E-state index is 12.3. The van der Waals surface area contributed by atoms with Crippen molar-refractivity contribution in [2.24, 2.45) is 5.92 Å². The van der Waals surface area contributed by atoms with Gasteiger partial charge in [-0.05, 0) is 22.3 Å². The van der Waals surface area contributed by atoms with Crippen molar-refractivity contribution < 1.29 is 33.7 Å². The van der Waals surface area contributed by atoms with Crippen molar-refractivity contribution in [1.82, 2.24) is 10.2 Å². The van der Waals surface area contributed by atoms with Crippen LogP contribution < -0.4 is 5.32 Å². The van der Waals surface area contributed by atoms with Crippen LogP contribution in [0.2, 0.25) is 0 Å². The van der Waals surface area contributed by atoms with Crippen LogP contribution in [-0.4, -0.2) is 80.6 Å². The number of fused-ring (bicyclic) bond motifs is 3. The molecule has 4 rings (SSSR count). The van der Waals surface area contributed by atoms with Crippen molar-refractivity contribution in [1.29, 1.82) is 0 Å². The number of alkyl carbamates (subject to hydrolysis) is 1. The molecule has 1 fully saturated rings. The molecule has 2 unspecified atom stereocenters. The van der Waals surface area contributed by atoms with E-state index >= 15 is 0 Å². The summed E-state index contributed by atoms with van der Waals surface area (Å²) in [4.78, 5) is 37.1. The number of benzene rings is 2. The Hall–Kier alpha value is -3.43. The van der Waals surface area contributed by atoms with Gasteiger partial charge in [0, 0.05) is 19.5 Å². The van der Waals surface area contributed by atoms with E-state index in [1.54, 1.807) is 0 Å². The number of carboxylic acid groups (broad SMARTS) is 1. The van der Waals surface area contributed by atoms with Crippen LogP contribution in [0.3, 0.4) is 0 Å². The zero-order chi connectivity index (χ0) is 24.1. The van der Waals surface area contributed by atoms with Crippen LogP contribution in [0.4, 0.5) is 4.79 Å². The number of hydrogen-bond acceptors (Lipinski definition) is 6. The number of carbonyl (C=O) groups excluding carboxylic acids is 2. The minimum atomic E-state index is -0.990. The third-order valence-electron chi connectivity index (χ3n) is 6.34. The maximum atomic E-state index is 12.3. The minimum absolute atomic E-state index is 0.0169. The molecule has 2 aliphatic rings. The first kappa shape index (κ1) is 23.7. The molecule has 2 N–H and O–H groups in total. The molecular formula is C25H28N2O7. The van der Waals surface area contributed by atoms with Crippen molar-refractivity contribution in [2.75, 3.05) is 46.6 Å². The molecule has 1 aliphatic heterocycles. The van der Waals surface area contributed by atoms with E-state index in [-0.39, 0.29) is 51.4 Å². The van der Waals surface area contributed by atoms with Gasteiger partial charge in [0.25, 0.3) is 0 Å². The van der Waals surface area contributed by atoms with E-state index in [2.05, 4.69) is 29.6 Å². The molecular weight excluding hydrogens is 440 g/mol. The van der Waals surface area contributed by atoms with Crippen LogP contribution >= 0.6 is 0 Å². The molecule has 9 heteroatoms. The molecule has 0 radical (unpaired) electrons. The summed E-state index contributed by atoms with van der Waals surface area (Å²) in [6.45, 7) is 0.570. The number of likely N-dealkylation sites (N-methyl/N-ethyl adjacent to an activating group) is 1. The van der Waals surface area contributed by atoms with E-state index in [1.165, 1.54) is 11.9 Å². The maximum Gasteiger partial charge on any atom is 0.407 e. The Morgan fingerprint density at radius 3 is 2.35 bits per heavy atom. The van der Waals surface area contributed by atoms with E-state index in [1.807, 2.05) is 24.3 Å². The summed E-state index contributed by atoms with van der Waals surface area (Å²) in [6.07, 6.45) is -0.554. The highest BCUT2D eigenvalue weighted by Gasteiger charge is 2.38. The molecule has 2 amide bonds. The van der Waals surface area contributed by atoms with Gasteiger partial charge >= 0.3 is 12.1 Å². The average molecular weight is 469 g/mol. The highest BCUT2D eigenvalue weighted by atomic mass is 16.5. The molecule has 2 atom stereocenters. The molecule has 1 heterocycles. The highest BCUT2D eigenvalue weighted by molar-refractivity contribution is 5.80. The van der Waals surface area contributed by atoms with Crippen LogP contribution in [0.1, 0.15) is 17.0 Å². The summed E-state index contributed by atoms with van der Waals surface area (Å²) < 4.78 is 16.0. The summed E-state index contributed by atoms with van der Waals surface area (Å²) >= 11 is 0. The largest absolute Gasteiger partial charge is 0.481 e. The standard InChI is InChI=1S/C25H28N2O7/c1-27(22-14-33-12-21(22)24(29)30)23(28)15-32-11-10-26-25(31)34-13-20-18-8-4-2-6-16(18)17-7-3-5-9-19(17)20/h2-9,20-22H,10-15H2,1H3,(H,26,31)(H,29,30). The Morgan fingerprint density at radius 1 is 1.06 bits per heavy atom. The lowest BCUT2D eigenvalue weighted by molar-refractivity contribution is -0.145. The molecule has 0 saturated carbocycles. The van der Waals surface area contributed by atoms with Gasteiger partial charge in [-0.1, -0.05) is 48.5 Å². The number of ether oxygens (including phenoxy) is 3. The molecule has 2 aromatic rings. The summed E-state index contributed by atoms with van der Waals surface area (Å²) in [5.74, 6) is -2.10. The van der Waals surface area contributed by atoms with E-state index in [9.17, 15) is 19.5 Å². The van der Waals surface area contributed by atoms with Gasteiger partial charge in [0.05, 0.1) is 25.9 Å². The molecule has 0 bridgehead atoms. The lowest BCUT2D eigenvalue weighted by Gasteiger charge is -2.26. The molecule has 0 aromatic heterocycles. The summed E-state index contributed by atoms with van der Waals surface area (Å²) in [5.41, 5.74) is 4.60. The number of nitrogens with zero attached hydrogens (tertiary/aromatic N) is 1. The second-order valence-corrected chi connectivity index (χ2v) is 8.36. The minimum Gasteiger partial charge on any atom is -0.481 e. The number of hydrogen-bond donors (Lipinski definition) is 2. The number of carbonyl (C=O) groups is 3. The smallest absolute Gasteiger partial charge is 0.407 e. The van der Waals surface area contributed by atoms with E-state index in [4.69, 9.17) is 14.2 Å². The molecule has 1 aliphatic carbocycles. The van der Waals surface area contributed by atoms with E-state index in [0.29, 0.717) is 0 Å². The normalized spacial score (nSPS) is 18.7. The first-order valence-electron chi connectivity index (χ1n) is 11.2. The van der Waals surface area contributed by atoms with Gasteiger partial charge in [-0.2, -0.15) is 0 Å². The average Bonchev–Trinajstić information content (AvgIpc) is 3.45. The zero-order valence-electron chi connectivity index (χ0n) is 18.9. The fourth-order valence-electron chi connectivity index (χ4n) is 4.48. The predicted molar refractivity (Wildman–Crippen MR) is 122 cm³/mol. The van der Waals surface area contributed by atoms with Crippen molar-refractivity contribution in [2.45, 2.75) is 12.0 Å². The number of carboxylic acids is 1. The van der Waals surface area contributed by atoms with Crippen LogP contribution in [0.5, 0.6) is 0 Å². The van der Waals surface area contributed by atoms with Crippen LogP contribution in [0, 0.1) is 5.92 Å². The van der Waals surface area contributed by atoms with Crippen LogP contribution in [0.15, 0.2) is 48.5 Å². The number of nitrogens with one attached hydrogen (secondary N) is 1. The highest BCUT2D eigenvalue weighted by Crippen LogP contribution is 2.44. The molecule has 0 spiro atoms. The molecule has 2 aromatic carbocycles. The second-order valence-electron chi connectivity index (χ2n) is 8.36. The van der Waals surface area contributed by atoms with Crippen LogP contribution in [-0.2, 0) is 23.8 Å². The van der Waals surface area contributed by atoms with Gasteiger partial charge in [0.15, 0.2) is 0 Å². The first-order chi connectivity index (χ1) is 16.5. The lowest BCUT2D eigenvalue weighted by atomic mass is 9.98. The second kappa shape index (κ2) is 10.7. The van der Waals surface area contributed by atoms with E-state index < -0.39 is 24.0 Å². The van der Waals surface area contributed by atoms with Gasteiger partial charge < -0.3 is 29.5 Å². The van der Waals surface area contributed by atoms with Crippen molar-refractivity contribution in [3.63, 3.8) is 0 Å². The Bertz CT molecular complexity index is 1010. The SMILES string of the molecule is CN(C(=O)COCCNC(=O)OCC1c2ccccc2-c2ccccc21)C1COCC1C(=O)O. The van der Waals surface area contributed by atoms with E-state index in [0.717, 1.165) is 22.3 Å². The summed E-state index contributed by atoms with van der Waals surface area (Å²) in [7, 11) is 1.54. The summed E-state index contributed by atoms with van der Waals surface area (Å²) in [6, 6.07) is 15.7. The van der Waals surface area contributed by atoms with Gasteiger partial charge in [-0.25, -0.2) is 4.79 Å². The monoisotopic (exact) mass is 468 g/mol. The Morgan fingerprint density at radius 2 is 1.71 bits per heavy atom. The van der Waals surface area contributed by atoms with Crippen molar-refractivity contribution in [3.05, 3.63) is 59.7 Å². The quantitative estimate of drug-likeness (QED) is 0.542. The third-order valence-corrected chi connectivity index (χ3v) is 6.34. The fraction of sp³-hybridized carbons (Fsp3) is 0.400. The fourth-order valence-corrected chi connectivity index (χ4v) is 4.48. The molecule has 9 nitrogen and oxygen atoms in total. The molecule has 1 saturated heterocycles. The van der Waals surface area contributed by atoms with Gasteiger partial charge in [-0.15, -0.1) is 0 Å². The van der Waals surface area contributed by atoms with Gasteiger partial charge in [0.2, 0.25) is 5.91 Å². The number of rotatable bonds is 9. The summed E-state index contributed by atoms with van der Waals surface area (Å²) in [5, 5.41) is 11.8. The topological polar surface area (TPSA) is 114 Å². The van der Waals surface area contributed by atoms with Gasteiger partial charge in [-0.3, -0.25) is 9.59 Å². The predicted octanol–water partition coefficient (Wildman–Crippen LogP) is 2.10. The number of aliphatic carboxylic acids is 1. The molecule has 180 valence electrons. The van der Waals surface area contributed by atoms with Crippen molar-refractivity contribution >= 4 is 18.0 Å². The Balaban J connectivity index is 1.17. The molecule has 34 heavy (non-hydrogen) atoms. The zero-order valence-corrected chi connectivity index (χ0v) is 18.9. The van der Waals surface area contributed by atoms with Crippen molar-refractivity contribution in [3.8, 4) is 11.1 Å². The van der Waals surface area contributed by atoms with Crippen LogP contribution in [0.25, 0.3) is 11.1 Å². The third kappa shape index (κ3) is 5.05.